The van der Waals surface area contributed by atoms with E-state index < -0.39 is 0 Å². The number of fused-ring (bicyclic) bond motifs is 1. The van der Waals surface area contributed by atoms with Crippen molar-refractivity contribution in [2.75, 3.05) is 11.9 Å². The SMILES string of the molecule is O=C(Nc1ccc2c(c1)CN(C(=O)c1cccs1)CC2)c1ccccc1I. The lowest BCUT2D eigenvalue weighted by molar-refractivity contribution is 0.0739. The van der Waals surface area contributed by atoms with Crippen molar-refractivity contribution >= 4 is 51.4 Å². The van der Waals surface area contributed by atoms with E-state index in [-0.39, 0.29) is 11.8 Å². The maximum atomic E-state index is 12.6. The topological polar surface area (TPSA) is 49.4 Å². The molecule has 1 aliphatic rings. The highest BCUT2D eigenvalue weighted by Gasteiger charge is 2.23. The lowest BCUT2D eigenvalue weighted by atomic mass is 9.98. The molecule has 0 bridgehead atoms. The van der Waals surface area contributed by atoms with Gasteiger partial charge in [0.15, 0.2) is 0 Å². The van der Waals surface area contributed by atoms with E-state index in [0.717, 1.165) is 32.7 Å². The Hall–Kier alpha value is -2.19. The van der Waals surface area contributed by atoms with Crippen LogP contribution in [0.2, 0.25) is 0 Å². The van der Waals surface area contributed by atoms with Crippen molar-refractivity contribution in [3.8, 4) is 0 Å². The van der Waals surface area contributed by atoms with Gasteiger partial charge in [0, 0.05) is 22.3 Å². The van der Waals surface area contributed by atoms with Gasteiger partial charge in [0.25, 0.3) is 11.8 Å². The predicted octanol–water partition coefficient (Wildman–Crippen LogP) is 4.80. The van der Waals surface area contributed by atoms with Gasteiger partial charge < -0.3 is 10.2 Å². The molecule has 0 radical (unpaired) electrons. The summed E-state index contributed by atoms with van der Waals surface area (Å²) in [7, 11) is 0. The molecule has 4 nitrogen and oxygen atoms in total. The zero-order valence-electron chi connectivity index (χ0n) is 14.4. The highest BCUT2D eigenvalue weighted by Crippen LogP contribution is 2.25. The van der Waals surface area contributed by atoms with Crippen LogP contribution >= 0.6 is 33.9 Å². The fourth-order valence-corrected chi connectivity index (χ4v) is 4.53. The molecule has 1 aliphatic heterocycles. The van der Waals surface area contributed by atoms with Crippen molar-refractivity contribution in [3.05, 3.63) is 85.1 Å². The number of carbonyl (C=O) groups excluding carboxylic acids is 2. The summed E-state index contributed by atoms with van der Waals surface area (Å²) in [5.41, 5.74) is 3.73. The van der Waals surface area contributed by atoms with E-state index >= 15 is 0 Å². The van der Waals surface area contributed by atoms with Crippen molar-refractivity contribution in [2.24, 2.45) is 0 Å². The predicted molar refractivity (Wildman–Crippen MR) is 116 cm³/mol. The van der Waals surface area contributed by atoms with E-state index in [4.69, 9.17) is 0 Å². The van der Waals surface area contributed by atoms with Crippen LogP contribution in [0.15, 0.2) is 60.0 Å². The van der Waals surface area contributed by atoms with E-state index in [1.165, 1.54) is 16.9 Å². The zero-order valence-corrected chi connectivity index (χ0v) is 17.4. The first kappa shape index (κ1) is 18.2. The molecule has 2 heterocycles. The Morgan fingerprint density at radius 1 is 1.04 bits per heavy atom. The van der Waals surface area contributed by atoms with Gasteiger partial charge in [0.05, 0.1) is 10.4 Å². The van der Waals surface area contributed by atoms with Crippen LogP contribution in [0.1, 0.15) is 31.2 Å². The van der Waals surface area contributed by atoms with Crippen molar-refractivity contribution in [1.29, 1.82) is 0 Å². The Labute approximate surface area is 175 Å². The van der Waals surface area contributed by atoms with E-state index in [9.17, 15) is 9.59 Å². The smallest absolute Gasteiger partial charge is 0.264 e. The summed E-state index contributed by atoms with van der Waals surface area (Å²) in [5.74, 6) is -0.0498. The van der Waals surface area contributed by atoms with Crippen LogP contribution in [0, 0.1) is 3.57 Å². The molecular formula is C21H17IN2O2S. The lowest BCUT2D eigenvalue weighted by Gasteiger charge is -2.29. The number of hydrogen-bond donors (Lipinski definition) is 1. The average Bonchev–Trinajstić information content (AvgIpc) is 3.22. The van der Waals surface area contributed by atoms with Crippen LogP contribution < -0.4 is 5.32 Å². The van der Waals surface area contributed by atoms with Gasteiger partial charge in [0.1, 0.15) is 0 Å². The van der Waals surface area contributed by atoms with Crippen molar-refractivity contribution in [2.45, 2.75) is 13.0 Å². The molecule has 1 aromatic heterocycles. The number of carbonyl (C=O) groups is 2. The molecular weight excluding hydrogens is 471 g/mol. The molecule has 4 rings (SSSR count). The first-order valence-corrected chi connectivity index (χ1v) is 10.6. The van der Waals surface area contributed by atoms with Gasteiger partial charge in [-0.2, -0.15) is 0 Å². The number of nitrogens with one attached hydrogen (secondary N) is 1. The van der Waals surface area contributed by atoms with Gasteiger partial charge in [0.2, 0.25) is 0 Å². The number of nitrogens with zero attached hydrogens (tertiary/aromatic N) is 1. The van der Waals surface area contributed by atoms with Crippen LogP contribution in [-0.4, -0.2) is 23.3 Å². The molecule has 0 unspecified atom stereocenters. The molecule has 0 atom stereocenters. The molecule has 0 saturated heterocycles. The highest BCUT2D eigenvalue weighted by atomic mass is 127. The standard InChI is InChI=1S/C21H17IN2O2S/c22-18-5-2-1-4-17(18)20(25)23-16-8-7-14-9-10-24(13-15(14)12-16)21(26)19-6-3-11-27-19/h1-8,11-12H,9-10,13H2,(H,23,25). The Morgan fingerprint density at radius 2 is 1.89 bits per heavy atom. The number of hydrogen-bond acceptors (Lipinski definition) is 3. The minimum atomic E-state index is -0.123. The van der Waals surface area contributed by atoms with Crippen molar-refractivity contribution < 1.29 is 9.59 Å². The minimum Gasteiger partial charge on any atom is -0.333 e. The maximum Gasteiger partial charge on any atom is 0.264 e. The fourth-order valence-electron chi connectivity index (χ4n) is 3.21. The van der Waals surface area contributed by atoms with Crippen LogP contribution in [0.3, 0.4) is 0 Å². The number of thiophene rings is 1. The normalized spacial score (nSPS) is 13.1. The summed E-state index contributed by atoms with van der Waals surface area (Å²) in [5, 5.41) is 4.90. The van der Waals surface area contributed by atoms with Gasteiger partial charge in [-0.25, -0.2) is 0 Å². The molecule has 136 valence electrons. The Kier molecular flexibility index (Phi) is 5.27. The number of rotatable bonds is 3. The van der Waals surface area contributed by atoms with Crippen LogP contribution in [0.5, 0.6) is 0 Å². The molecule has 0 fully saturated rings. The number of amides is 2. The quantitative estimate of drug-likeness (QED) is 0.539. The molecule has 6 heteroatoms. The summed E-state index contributed by atoms with van der Waals surface area (Å²) in [4.78, 5) is 27.8. The number of benzene rings is 2. The zero-order chi connectivity index (χ0) is 18.8. The third-order valence-corrected chi connectivity index (χ3v) is 6.41. The molecule has 2 amide bonds. The summed E-state index contributed by atoms with van der Waals surface area (Å²) in [6, 6.07) is 17.2. The van der Waals surface area contributed by atoms with E-state index in [0.29, 0.717) is 12.1 Å². The summed E-state index contributed by atoms with van der Waals surface area (Å²) >= 11 is 3.63. The van der Waals surface area contributed by atoms with Crippen LogP contribution in [0.25, 0.3) is 0 Å². The molecule has 0 spiro atoms. The van der Waals surface area contributed by atoms with Crippen molar-refractivity contribution in [3.63, 3.8) is 0 Å². The second-order valence-electron chi connectivity index (χ2n) is 6.37. The Bertz CT molecular complexity index is 1000. The maximum absolute atomic E-state index is 12.6. The minimum absolute atomic E-state index is 0.0731. The lowest BCUT2D eigenvalue weighted by Crippen LogP contribution is -2.35. The third-order valence-electron chi connectivity index (χ3n) is 4.61. The van der Waals surface area contributed by atoms with Gasteiger partial charge in [-0.15, -0.1) is 11.3 Å². The Morgan fingerprint density at radius 3 is 2.67 bits per heavy atom. The highest BCUT2D eigenvalue weighted by molar-refractivity contribution is 14.1. The molecule has 0 saturated carbocycles. The molecule has 3 aromatic rings. The summed E-state index contributed by atoms with van der Waals surface area (Å²) < 4.78 is 0.915. The second kappa shape index (κ2) is 7.82. The van der Waals surface area contributed by atoms with Gasteiger partial charge >= 0.3 is 0 Å². The third kappa shape index (κ3) is 3.91. The number of anilines is 1. The van der Waals surface area contributed by atoms with Crippen LogP contribution in [0.4, 0.5) is 5.69 Å². The van der Waals surface area contributed by atoms with Gasteiger partial charge in [-0.3, -0.25) is 9.59 Å². The van der Waals surface area contributed by atoms with E-state index in [1.54, 1.807) is 0 Å². The van der Waals surface area contributed by atoms with Gasteiger partial charge in [-0.05, 0) is 75.9 Å². The molecule has 2 aromatic carbocycles. The molecule has 0 aliphatic carbocycles. The number of halogens is 1. The second-order valence-corrected chi connectivity index (χ2v) is 8.48. The van der Waals surface area contributed by atoms with Gasteiger partial charge in [-0.1, -0.05) is 24.3 Å². The van der Waals surface area contributed by atoms with E-state index in [2.05, 4.69) is 27.9 Å². The monoisotopic (exact) mass is 488 g/mol. The molecule has 1 N–H and O–H groups in total. The van der Waals surface area contributed by atoms with E-state index in [1.807, 2.05) is 64.9 Å². The first-order chi connectivity index (χ1) is 13.1. The first-order valence-electron chi connectivity index (χ1n) is 8.62. The fraction of sp³-hybridized carbons (Fsp3) is 0.143. The molecule has 27 heavy (non-hydrogen) atoms. The summed E-state index contributed by atoms with van der Waals surface area (Å²) in [6.45, 7) is 1.29. The average molecular weight is 488 g/mol. The van der Waals surface area contributed by atoms with Crippen molar-refractivity contribution in [1.82, 2.24) is 4.90 Å². The Balaban J connectivity index is 1.52. The summed E-state index contributed by atoms with van der Waals surface area (Å²) in [6.07, 6.45) is 0.831. The van der Waals surface area contributed by atoms with Crippen LogP contribution in [-0.2, 0) is 13.0 Å². The largest absolute Gasteiger partial charge is 0.333 e.